The zero-order valence-corrected chi connectivity index (χ0v) is 18.1. The predicted molar refractivity (Wildman–Crippen MR) is 108 cm³/mol. The Bertz CT molecular complexity index is 664. The third-order valence-corrected chi connectivity index (χ3v) is 4.69. The second-order valence-corrected chi connectivity index (χ2v) is 8.84. The van der Waals surface area contributed by atoms with Crippen LogP contribution in [0, 0.1) is 5.92 Å². The molecule has 7 heteroatoms. The number of nitrogens with zero attached hydrogens (tertiary/aromatic N) is 1. The van der Waals surface area contributed by atoms with Gasteiger partial charge in [-0.1, -0.05) is 22.9 Å². The first-order chi connectivity index (χ1) is 12.6. The number of piperidine rings is 1. The predicted octanol–water partition coefficient (Wildman–Crippen LogP) is 4.22. The van der Waals surface area contributed by atoms with Crippen molar-refractivity contribution >= 4 is 27.9 Å². The van der Waals surface area contributed by atoms with Gasteiger partial charge in [-0.3, -0.25) is 4.79 Å². The molecule has 0 atom stereocenters. The Labute approximate surface area is 169 Å². The third kappa shape index (κ3) is 7.40. The summed E-state index contributed by atoms with van der Waals surface area (Å²) < 4.78 is 11.6. The minimum absolute atomic E-state index is 0.0277. The van der Waals surface area contributed by atoms with Crippen molar-refractivity contribution in [1.82, 2.24) is 10.2 Å². The summed E-state index contributed by atoms with van der Waals surface area (Å²) in [5, 5.41) is 2.64. The second kappa shape index (κ2) is 9.44. The molecule has 150 valence electrons. The Kier molecular flexibility index (Phi) is 7.53. The zero-order chi connectivity index (χ0) is 20.0. The number of likely N-dealkylation sites (tertiary alicyclic amines) is 1. The molecule has 0 radical (unpaired) electrons. The van der Waals surface area contributed by atoms with Gasteiger partial charge in [-0.25, -0.2) is 4.79 Å². The van der Waals surface area contributed by atoms with Crippen LogP contribution in [0.2, 0.25) is 0 Å². The summed E-state index contributed by atoms with van der Waals surface area (Å²) in [7, 11) is 0. The molecule has 6 nitrogen and oxygen atoms in total. The summed E-state index contributed by atoms with van der Waals surface area (Å²) in [6.07, 6.45) is 1.61. The first kappa shape index (κ1) is 21.5. The standard InChI is InChI=1S/C20H29BrN2O4/c1-14-5-8-23(9-6-14)18(24)15-11-16(21)13-17(12-15)26-10-7-22-19(25)27-20(2,3)4/h11-14H,5-10H2,1-4H3,(H,22,25). The van der Waals surface area contributed by atoms with E-state index in [4.69, 9.17) is 9.47 Å². The van der Waals surface area contributed by atoms with Crippen LogP contribution in [0.25, 0.3) is 0 Å². The van der Waals surface area contributed by atoms with Crippen molar-refractivity contribution in [3.05, 3.63) is 28.2 Å². The van der Waals surface area contributed by atoms with E-state index in [0.717, 1.165) is 30.4 Å². The summed E-state index contributed by atoms with van der Waals surface area (Å²) in [6, 6.07) is 5.37. The van der Waals surface area contributed by atoms with Gasteiger partial charge in [-0.15, -0.1) is 0 Å². The van der Waals surface area contributed by atoms with Gasteiger partial charge in [0.25, 0.3) is 5.91 Å². The van der Waals surface area contributed by atoms with Crippen LogP contribution < -0.4 is 10.1 Å². The number of halogens is 1. The monoisotopic (exact) mass is 440 g/mol. The van der Waals surface area contributed by atoms with Crippen molar-refractivity contribution in [2.24, 2.45) is 5.92 Å². The molecule has 1 aliphatic heterocycles. The molecule has 0 aromatic heterocycles. The molecule has 1 fully saturated rings. The molecule has 0 bridgehead atoms. The smallest absolute Gasteiger partial charge is 0.407 e. The van der Waals surface area contributed by atoms with Crippen LogP contribution >= 0.6 is 15.9 Å². The molecular weight excluding hydrogens is 412 g/mol. The van der Waals surface area contributed by atoms with Crippen LogP contribution in [-0.2, 0) is 4.74 Å². The van der Waals surface area contributed by atoms with E-state index in [1.54, 1.807) is 6.07 Å². The number of hydrogen-bond acceptors (Lipinski definition) is 4. The Morgan fingerprint density at radius 2 is 1.89 bits per heavy atom. The van der Waals surface area contributed by atoms with E-state index in [9.17, 15) is 9.59 Å². The fourth-order valence-electron chi connectivity index (χ4n) is 2.80. The molecule has 1 N–H and O–H groups in total. The average molecular weight is 441 g/mol. The van der Waals surface area contributed by atoms with Crippen LogP contribution in [0.3, 0.4) is 0 Å². The van der Waals surface area contributed by atoms with Gasteiger partial charge in [0, 0.05) is 23.1 Å². The van der Waals surface area contributed by atoms with Crippen LogP contribution in [0.4, 0.5) is 4.79 Å². The molecule has 0 saturated carbocycles. The summed E-state index contributed by atoms with van der Waals surface area (Å²) >= 11 is 3.44. The highest BCUT2D eigenvalue weighted by molar-refractivity contribution is 9.10. The largest absolute Gasteiger partial charge is 0.492 e. The Morgan fingerprint density at radius 1 is 1.22 bits per heavy atom. The Hall–Kier alpha value is -1.76. The van der Waals surface area contributed by atoms with Gasteiger partial charge in [-0.05, 0) is 57.7 Å². The van der Waals surface area contributed by atoms with Gasteiger partial charge in [0.15, 0.2) is 0 Å². The fourth-order valence-corrected chi connectivity index (χ4v) is 3.27. The highest BCUT2D eigenvalue weighted by Crippen LogP contribution is 2.24. The van der Waals surface area contributed by atoms with Crippen molar-refractivity contribution in [2.75, 3.05) is 26.2 Å². The lowest BCUT2D eigenvalue weighted by Gasteiger charge is -2.30. The number of amides is 2. The normalized spacial score (nSPS) is 15.4. The van der Waals surface area contributed by atoms with Crippen molar-refractivity contribution < 1.29 is 19.1 Å². The Balaban J connectivity index is 1.87. The van der Waals surface area contributed by atoms with Crippen molar-refractivity contribution in [3.63, 3.8) is 0 Å². The first-order valence-electron chi connectivity index (χ1n) is 9.33. The fraction of sp³-hybridized carbons (Fsp3) is 0.600. The maximum Gasteiger partial charge on any atom is 0.407 e. The van der Waals surface area contributed by atoms with Gasteiger partial charge in [-0.2, -0.15) is 0 Å². The number of carbonyl (C=O) groups is 2. The maximum atomic E-state index is 12.7. The number of carbonyl (C=O) groups excluding carboxylic acids is 2. The molecule has 27 heavy (non-hydrogen) atoms. The van der Waals surface area contributed by atoms with E-state index in [1.807, 2.05) is 37.8 Å². The molecule has 0 aliphatic carbocycles. The number of benzene rings is 1. The van der Waals surface area contributed by atoms with Gasteiger partial charge < -0.3 is 19.7 Å². The van der Waals surface area contributed by atoms with E-state index in [2.05, 4.69) is 28.2 Å². The van der Waals surface area contributed by atoms with Gasteiger partial charge in [0.1, 0.15) is 18.0 Å². The topological polar surface area (TPSA) is 67.9 Å². The van der Waals surface area contributed by atoms with Crippen LogP contribution in [0.15, 0.2) is 22.7 Å². The molecule has 0 spiro atoms. The van der Waals surface area contributed by atoms with Gasteiger partial charge in [0.05, 0.1) is 6.54 Å². The molecule has 0 unspecified atom stereocenters. The number of rotatable bonds is 5. The molecule has 1 aliphatic rings. The number of alkyl carbamates (subject to hydrolysis) is 1. The summed E-state index contributed by atoms with van der Waals surface area (Å²) in [4.78, 5) is 26.3. The lowest BCUT2D eigenvalue weighted by atomic mass is 9.98. The van der Waals surface area contributed by atoms with Crippen molar-refractivity contribution in [2.45, 2.75) is 46.1 Å². The van der Waals surface area contributed by atoms with E-state index in [1.165, 1.54) is 0 Å². The molecule has 1 aromatic rings. The molecular formula is C20H29BrN2O4. The van der Waals surface area contributed by atoms with E-state index >= 15 is 0 Å². The van der Waals surface area contributed by atoms with Gasteiger partial charge >= 0.3 is 6.09 Å². The quantitative estimate of drug-likeness (QED) is 0.695. The van der Waals surface area contributed by atoms with Crippen LogP contribution in [0.5, 0.6) is 5.75 Å². The number of ether oxygens (including phenoxy) is 2. The van der Waals surface area contributed by atoms with Crippen molar-refractivity contribution in [3.8, 4) is 5.75 Å². The van der Waals surface area contributed by atoms with Crippen LogP contribution in [0.1, 0.15) is 50.9 Å². The lowest BCUT2D eigenvalue weighted by Crippen LogP contribution is -2.37. The third-order valence-electron chi connectivity index (χ3n) is 4.23. The van der Waals surface area contributed by atoms with E-state index in [0.29, 0.717) is 23.8 Å². The maximum absolute atomic E-state index is 12.7. The summed E-state index contributed by atoms with van der Waals surface area (Å²) in [6.45, 7) is 9.84. The van der Waals surface area contributed by atoms with E-state index in [-0.39, 0.29) is 12.5 Å². The SMILES string of the molecule is CC1CCN(C(=O)c2cc(Br)cc(OCCNC(=O)OC(C)(C)C)c2)CC1. The summed E-state index contributed by atoms with van der Waals surface area (Å²) in [5.41, 5.74) is 0.0746. The average Bonchev–Trinajstić information content (AvgIpc) is 2.57. The first-order valence-corrected chi connectivity index (χ1v) is 10.1. The zero-order valence-electron chi connectivity index (χ0n) is 16.5. The number of hydrogen-bond donors (Lipinski definition) is 1. The summed E-state index contributed by atoms with van der Waals surface area (Å²) in [5.74, 6) is 1.29. The molecule has 2 rings (SSSR count). The van der Waals surface area contributed by atoms with E-state index < -0.39 is 11.7 Å². The molecule has 1 heterocycles. The minimum atomic E-state index is -0.531. The highest BCUT2D eigenvalue weighted by atomic mass is 79.9. The second-order valence-electron chi connectivity index (χ2n) is 7.93. The highest BCUT2D eigenvalue weighted by Gasteiger charge is 2.22. The lowest BCUT2D eigenvalue weighted by molar-refractivity contribution is 0.0520. The van der Waals surface area contributed by atoms with Crippen LogP contribution in [-0.4, -0.2) is 48.7 Å². The van der Waals surface area contributed by atoms with Gasteiger partial charge in [0.2, 0.25) is 0 Å². The Morgan fingerprint density at radius 3 is 2.52 bits per heavy atom. The molecule has 2 amide bonds. The van der Waals surface area contributed by atoms with Crippen molar-refractivity contribution in [1.29, 1.82) is 0 Å². The molecule has 1 saturated heterocycles. The minimum Gasteiger partial charge on any atom is -0.492 e. The molecule has 1 aromatic carbocycles. The number of nitrogens with one attached hydrogen (secondary N) is 1.